The number of aromatic nitrogens is 2. The van der Waals surface area contributed by atoms with Crippen molar-refractivity contribution < 1.29 is 4.74 Å². The summed E-state index contributed by atoms with van der Waals surface area (Å²) in [6.45, 7) is 2.60. The molecule has 1 heterocycles. The Labute approximate surface area is 112 Å². The van der Waals surface area contributed by atoms with Gasteiger partial charge in [0.25, 0.3) is 0 Å². The molecule has 1 N–H and O–H groups in total. The molecule has 1 aromatic heterocycles. The zero-order valence-electron chi connectivity index (χ0n) is 10.6. The van der Waals surface area contributed by atoms with Crippen molar-refractivity contribution in [2.24, 2.45) is 0 Å². The summed E-state index contributed by atoms with van der Waals surface area (Å²) in [6, 6.07) is 10.2. The van der Waals surface area contributed by atoms with E-state index < -0.39 is 0 Å². The standard InChI is InChI=1S/C14H16N2OS/c1-10-4-3-5-11(6-10)7-13-15-12(9-17-2)8-14(18)16-13/h3-6,8H,7,9H2,1-2H3,(H,15,16,18). The van der Waals surface area contributed by atoms with Crippen LogP contribution < -0.4 is 0 Å². The number of methoxy groups -OCH3 is 1. The first kappa shape index (κ1) is 12.9. The minimum atomic E-state index is 0.521. The molecule has 0 radical (unpaired) electrons. The Morgan fingerprint density at radius 1 is 1.33 bits per heavy atom. The van der Waals surface area contributed by atoms with Gasteiger partial charge in [-0.1, -0.05) is 42.0 Å². The first-order valence-corrected chi connectivity index (χ1v) is 6.22. The van der Waals surface area contributed by atoms with Gasteiger partial charge in [0, 0.05) is 19.2 Å². The third-order valence-electron chi connectivity index (χ3n) is 2.60. The maximum Gasteiger partial charge on any atom is 0.130 e. The van der Waals surface area contributed by atoms with E-state index >= 15 is 0 Å². The van der Waals surface area contributed by atoms with Crippen molar-refractivity contribution in [2.45, 2.75) is 20.0 Å². The molecule has 0 amide bonds. The molecule has 4 heteroatoms. The third-order valence-corrected chi connectivity index (χ3v) is 2.81. The number of nitrogens with one attached hydrogen (secondary N) is 1. The second kappa shape index (κ2) is 5.89. The van der Waals surface area contributed by atoms with Crippen molar-refractivity contribution in [3.05, 3.63) is 57.6 Å². The van der Waals surface area contributed by atoms with Gasteiger partial charge in [-0.2, -0.15) is 0 Å². The molecule has 0 aliphatic carbocycles. The SMILES string of the molecule is COCc1cc(=S)nc(Cc2cccc(C)c2)[nH]1. The largest absolute Gasteiger partial charge is 0.378 e. The second-order valence-electron chi connectivity index (χ2n) is 4.29. The highest BCUT2D eigenvalue weighted by atomic mass is 32.1. The number of hydrogen-bond donors (Lipinski definition) is 1. The van der Waals surface area contributed by atoms with E-state index in [-0.39, 0.29) is 0 Å². The van der Waals surface area contributed by atoms with E-state index in [4.69, 9.17) is 17.0 Å². The highest BCUT2D eigenvalue weighted by molar-refractivity contribution is 7.71. The molecule has 0 aliphatic heterocycles. The molecule has 0 spiro atoms. The van der Waals surface area contributed by atoms with Crippen molar-refractivity contribution in [2.75, 3.05) is 7.11 Å². The van der Waals surface area contributed by atoms with Gasteiger partial charge in [0.2, 0.25) is 0 Å². The lowest BCUT2D eigenvalue weighted by Crippen LogP contribution is -2.02. The molecule has 0 saturated heterocycles. The smallest absolute Gasteiger partial charge is 0.130 e. The maximum absolute atomic E-state index is 5.16. The highest BCUT2D eigenvalue weighted by Gasteiger charge is 2.01. The molecule has 0 fully saturated rings. The van der Waals surface area contributed by atoms with Gasteiger partial charge in [0.1, 0.15) is 10.5 Å². The Bertz CT molecular complexity index is 592. The molecule has 0 saturated carbocycles. The quantitative estimate of drug-likeness (QED) is 0.858. The number of aryl methyl sites for hydroxylation is 1. The Kier molecular flexibility index (Phi) is 4.23. The van der Waals surface area contributed by atoms with Gasteiger partial charge in [0.15, 0.2) is 0 Å². The number of rotatable bonds is 4. The Balaban J connectivity index is 2.26. The summed E-state index contributed by atoms with van der Waals surface area (Å²) in [6.07, 6.45) is 0.753. The first-order chi connectivity index (χ1) is 8.67. The zero-order valence-corrected chi connectivity index (χ0v) is 11.4. The predicted molar refractivity (Wildman–Crippen MR) is 74.1 cm³/mol. The molecule has 94 valence electrons. The molecule has 1 aromatic carbocycles. The summed E-state index contributed by atoms with van der Waals surface area (Å²) in [4.78, 5) is 7.60. The van der Waals surface area contributed by atoms with E-state index in [1.807, 2.05) is 6.07 Å². The van der Waals surface area contributed by atoms with Crippen LogP contribution in [0.2, 0.25) is 0 Å². The average Bonchev–Trinajstić information content (AvgIpc) is 2.28. The van der Waals surface area contributed by atoms with E-state index in [1.54, 1.807) is 7.11 Å². The van der Waals surface area contributed by atoms with Crippen LogP contribution in [-0.4, -0.2) is 17.1 Å². The lowest BCUT2D eigenvalue weighted by molar-refractivity contribution is 0.181. The summed E-state index contributed by atoms with van der Waals surface area (Å²) in [5.41, 5.74) is 3.43. The molecular weight excluding hydrogens is 244 g/mol. The summed E-state index contributed by atoms with van der Waals surface area (Å²) in [7, 11) is 1.66. The molecular formula is C14H16N2OS. The third kappa shape index (κ3) is 3.48. The number of H-pyrrole nitrogens is 1. The monoisotopic (exact) mass is 260 g/mol. The minimum Gasteiger partial charge on any atom is -0.378 e. The fourth-order valence-corrected chi connectivity index (χ4v) is 2.15. The molecule has 2 rings (SSSR count). The molecule has 2 aromatic rings. The van der Waals surface area contributed by atoms with Crippen LogP contribution in [-0.2, 0) is 17.8 Å². The topological polar surface area (TPSA) is 37.9 Å². The molecule has 0 atom stereocenters. The maximum atomic E-state index is 5.16. The Morgan fingerprint density at radius 3 is 2.89 bits per heavy atom. The van der Waals surface area contributed by atoms with Gasteiger partial charge in [0.05, 0.1) is 6.61 Å². The van der Waals surface area contributed by atoms with E-state index in [1.165, 1.54) is 11.1 Å². The minimum absolute atomic E-state index is 0.521. The first-order valence-electron chi connectivity index (χ1n) is 5.81. The number of ether oxygens (including phenoxy) is 1. The van der Waals surface area contributed by atoms with Crippen LogP contribution in [0.3, 0.4) is 0 Å². The van der Waals surface area contributed by atoms with E-state index in [0.29, 0.717) is 11.2 Å². The molecule has 0 unspecified atom stereocenters. The number of benzene rings is 1. The fraction of sp³-hybridized carbons (Fsp3) is 0.286. The molecule has 18 heavy (non-hydrogen) atoms. The highest BCUT2D eigenvalue weighted by Crippen LogP contribution is 2.09. The van der Waals surface area contributed by atoms with Crippen LogP contribution in [0, 0.1) is 11.6 Å². The van der Waals surface area contributed by atoms with Crippen molar-refractivity contribution in [3.63, 3.8) is 0 Å². The van der Waals surface area contributed by atoms with E-state index in [0.717, 1.165) is 17.9 Å². The van der Waals surface area contributed by atoms with E-state index in [2.05, 4.69) is 41.2 Å². The molecule has 0 bridgehead atoms. The van der Waals surface area contributed by atoms with Crippen LogP contribution in [0.5, 0.6) is 0 Å². The van der Waals surface area contributed by atoms with Crippen molar-refractivity contribution in [1.82, 2.24) is 9.97 Å². The normalized spacial score (nSPS) is 10.6. The van der Waals surface area contributed by atoms with Gasteiger partial charge in [-0.25, -0.2) is 4.98 Å². The molecule has 3 nitrogen and oxygen atoms in total. The molecule has 0 aliphatic rings. The van der Waals surface area contributed by atoms with Crippen LogP contribution in [0.4, 0.5) is 0 Å². The van der Waals surface area contributed by atoms with Crippen molar-refractivity contribution in [1.29, 1.82) is 0 Å². The van der Waals surface area contributed by atoms with Crippen LogP contribution in [0.1, 0.15) is 22.6 Å². The van der Waals surface area contributed by atoms with Gasteiger partial charge in [-0.15, -0.1) is 0 Å². The van der Waals surface area contributed by atoms with Crippen molar-refractivity contribution in [3.8, 4) is 0 Å². The Hall–Kier alpha value is -1.52. The van der Waals surface area contributed by atoms with Gasteiger partial charge >= 0.3 is 0 Å². The van der Waals surface area contributed by atoms with Crippen molar-refractivity contribution >= 4 is 12.2 Å². The summed E-state index contributed by atoms with van der Waals surface area (Å²) in [5.74, 6) is 0.875. The van der Waals surface area contributed by atoms with Gasteiger partial charge in [-0.3, -0.25) is 0 Å². The fourth-order valence-electron chi connectivity index (χ4n) is 1.90. The van der Waals surface area contributed by atoms with Crippen LogP contribution in [0.15, 0.2) is 30.3 Å². The summed E-state index contributed by atoms with van der Waals surface area (Å²) in [5, 5.41) is 0. The summed E-state index contributed by atoms with van der Waals surface area (Å²) < 4.78 is 5.70. The summed E-state index contributed by atoms with van der Waals surface area (Å²) >= 11 is 5.16. The predicted octanol–water partition coefficient (Wildman–Crippen LogP) is 3.18. The van der Waals surface area contributed by atoms with Gasteiger partial charge < -0.3 is 9.72 Å². The lowest BCUT2D eigenvalue weighted by atomic mass is 10.1. The zero-order chi connectivity index (χ0) is 13.0. The number of nitrogens with zero attached hydrogens (tertiary/aromatic N) is 1. The van der Waals surface area contributed by atoms with Crippen LogP contribution in [0.25, 0.3) is 0 Å². The second-order valence-corrected chi connectivity index (χ2v) is 4.71. The van der Waals surface area contributed by atoms with E-state index in [9.17, 15) is 0 Å². The Morgan fingerprint density at radius 2 is 2.17 bits per heavy atom. The number of aromatic amines is 1. The van der Waals surface area contributed by atoms with Crippen LogP contribution >= 0.6 is 12.2 Å². The lowest BCUT2D eigenvalue weighted by Gasteiger charge is -2.06. The van der Waals surface area contributed by atoms with Gasteiger partial charge in [-0.05, 0) is 18.6 Å². The number of hydrogen-bond acceptors (Lipinski definition) is 3. The average molecular weight is 260 g/mol.